The Morgan fingerprint density at radius 3 is 2.94 bits per heavy atom. The largest absolute Gasteiger partial charge is 0.492 e. The van der Waals surface area contributed by atoms with Crippen LogP contribution in [0.15, 0.2) is 33.5 Å². The van der Waals surface area contributed by atoms with Crippen molar-refractivity contribution in [3.05, 3.63) is 44.7 Å². The molecule has 0 aliphatic rings. The second-order valence-corrected chi connectivity index (χ2v) is 4.48. The molecule has 2 aromatic rings. The standard InChI is InChI=1S/C12H11BrN2O3/c1-18-6-7-3-2-4-8(5-7)10-14-11(16)9(13)12(17)15-10/h2-5H,6H2,1H3,(H2,14,15,16,17). The Morgan fingerprint density at radius 1 is 1.50 bits per heavy atom. The van der Waals surface area contributed by atoms with Gasteiger partial charge in [0.2, 0.25) is 5.88 Å². The Morgan fingerprint density at radius 2 is 2.28 bits per heavy atom. The van der Waals surface area contributed by atoms with E-state index in [-0.39, 0.29) is 10.4 Å². The number of aromatic amines is 1. The molecule has 6 heteroatoms. The molecule has 0 fully saturated rings. The molecule has 1 aromatic carbocycles. The zero-order valence-electron chi connectivity index (χ0n) is 9.61. The maximum atomic E-state index is 11.5. The van der Waals surface area contributed by atoms with Crippen LogP contribution in [0.4, 0.5) is 0 Å². The number of nitrogens with one attached hydrogen (secondary N) is 1. The monoisotopic (exact) mass is 310 g/mol. The molecule has 0 radical (unpaired) electrons. The van der Waals surface area contributed by atoms with Crippen molar-refractivity contribution in [1.29, 1.82) is 0 Å². The van der Waals surface area contributed by atoms with Crippen LogP contribution in [0.2, 0.25) is 0 Å². The van der Waals surface area contributed by atoms with E-state index in [1.807, 2.05) is 18.2 Å². The van der Waals surface area contributed by atoms with Crippen LogP contribution < -0.4 is 5.56 Å². The molecule has 0 bridgehead atoms. The summed E-state index contributed by atoms with van der Waals surface area (Å²) in [6.45, 7) is 0.473. The molecule has 0 saturated carbocycles. The van der Waals surface area contributed by atoms with Crippen LogP contribution >= 0.6 is 15.9 Å². The molecule has 1 heterocycles. The fourth-order valence-corrected chi connectivity index (χ4v) is 1.75. The first kappa shape index (κ1) is 12.8. The Hall–Kier alpha value is -1.66. The number of nitrogens with zero attached hydrogens (tertiary/aromatic N) is 1. The highest BCUT2D eigenvalue weighted by Crippen LogP contribution is 2.21. The molecule has 5 nitrogen and oxygen atoms in total. The van der Waals surface area contributed by atoms with E-state index in [1.54, 1.807) is 13.2 Å². The summed E-state index contributed by atoms with van der Waals surface area (Å²) >= 11 is 2.95. The third-order valence-corrected chi connectivity index (χ3v) is 3.07. The van der Waals surface area contributed by atoms with Gasteiger partial charge in [-0.05, 0) is 27.6 Å². The van der Waals surface area contributed by atoms with Crippen LogP contribution in [-0.2, 0) is 11.3 Å². The van der Waals surface area contributed by atoms with Gasteiger partial charge in [-0.3, -0.25) is 4.79 Å². The lowest BCUT2D eigenvalue weighted by Crippen LogP contribution is -2.09. The Kier molecular flexibility index (Phi) is 3.78. The van der Waals surface area contributed by atoms with E-state index >= 15 is 0 Å². The van der Waals surface area contributed by atoms with E-state index in [9.17, 15) is 9.90 Å². The van der Waals surface area contributed by atoms with E-state index in [0.29, 0.717) is 18.0 Å². The topological polar surface area (TPSA) is 75.2 Å². The Labute approximate surface area is 112 Å². The quantitative estimate of drug-likeness (QED) is 0.910. The maximum absolute atomic E-state index is 11.5. The molecular formula is C12H11BrN2O3. The van der Waals surface area contributed by atoms with Gasteiger partial charge in [-0.25, -0.2) is 0 Å². The predicted molar refractivity (Wildman–Crippen MR) is 70.4 cm³/mol. The number of methoxy groups -OCH3 is 1. The molecule has 0 atom stereocenters. The zero-order chi connectivity index (χ0) is 13.1. The first-order chi connectivity index (χ1) is 8.61. The van der Waals surface area contributed by atoms with Gasteiger partial charge in [-0.2, -0.15) is 4.98 Å². The van der Waals surface area contributed by atoms with Crippen molar-refractivity contribution in [2.45, 2.75) is 6.61 Å². The third-order valence-electron chi connectivity index (χ3n) is 2.36. The summed E-state index contributed by atoms with van der Waals surface area (Å²) in [6.07, 6.45) is 0. The molecule has 1 aromatic heterocycles. The first-order valence-electron chi connectivity index (χ1n) is 5.19. The summed E-state index contributed by atoms with van der Waals surface area (Å²) in [7, 11) is 1.61. The Balaban J connectivity index is 2.48. The van der Waals surface area contributed by atoms with Gasteiger partial charge < -0.3 is 14.8 Å². The summed E-state index contributed by atoms with van der Waals surface area (Å²) in [6, 6.07) is 7.38. The first-order valence-corrected chi connectivity index (χ1v) is 5.98. The molecule has 0 aliphatic carbocycles. The molecule has 94 valence electrons. The molecule has 2 N–H and O–H groups in total. The fraction of sp³-hybridized carbons (Fsp3) is 0.167. The van der Waals surface area contributed by atoms with E-state index in [1.165, 1.54) is 0 Å². The maximum Gasteiger partial charge on any atom is 0.269 e. The highest BCUT2D eigenvalue weighted by Gasteiger charge is 2.09. The van der Waals surface area contributed by atoms with Gasteiger partial charge in [0.25, 0.3) is 5.56 Å². The van der Waals surface area contributed by atoms with Crippen molar-refractivity contribution < 1.29 is 9.84 Å². The number of hydrogen-bond donors (Lipinski definition) is 2. The number of aromatic nitrogens is 2. The van der Waals surface area contributed by atoms with E-state index in [0.717, 1.165) is 5.56 Å². The van der Waals surface area contributed by atoms with Gasteiger partial charge in [-0.15, -0.1) is 0 Å². The lowest BCUT2D eigenvalue weighted by molar-refractivity contribution is 0.185. The summed E-state index contributed by atoms with van der Waals surface area (Å²) in [5, 5.41) is 9.51. The predicted octanol–water partition coefficient (Wildman–Crippen LogP) is 2.05. The van der Waals surface area contributed by atoms with Crippen LogP contribution in [0.25, 0.3) is 11.4 Å². The minimum Gasteiger partial charge on any atom is -0.492 e. The third kappa shape index (κ3) is 2.60. The number of halogens is 1. The van der Waals surface area contributed by atoms with Crippen LogP contribution in [0.5, 0.6) is 5.88 Å². The number of hydrogen-bond acceptors (Lipinski definition) is 4. The zero-order valence-corrected chi connectivity index (χ0v) is 11.2. The van der Waals surface area contributed by atoms with Crippen LogP contribution in [0, 0.1) is 0 Å². The molecule has 0 saturated heterocycles. The van der Waals surface area contributed by atoms with Crippen molar-refractivity contribution in [2.75, 3.05) is 7.11 Å². The SMILES string of the molecule is COCc1cccc(-c2nc(O)c(Br)c(=O)[nH]2)c1. The molecule has 2 rings (SSSR count). The molecule has 0 aliphatic heterocycles. The van der Waals surface area contributed by atoms with E-state index in [2.05, 4.69) is 25.9 Å². The minimum atomic E-state index is -0.422. The lowest BCUT2D eigenvalue weighted by atomic mass is 10.1. The highest BCUT2D eigenvalue weighted by molar-refractivity contribution is 9.10. The average molecular weight is 311 g/mol. The molecule has 0 spiro atoms. The van der Waals surface area contributed by atoms with Crippen molar-refractivity contribution in [2.24, 2.45) is 0 Å². The van der Waals surface area contributed by atoms with Crippen molar-refractivity contribution in [1.82, 2.24) is 9.97 Å². The minimum absolute atomic E-state index is 0.0271. The Bertz CT molecular complexity index is 625. The number of ether oxygens (including phenoxy) is 1. The second kappa shape index (κ2) is 5.32. The summed E-state index contributed by atoms with van der Waals surface area (Å²) < 4.78 is 5.06. The van der Waals surface area contributed by atoms with Crippen molar-refractivity contribution >= 4 is 15.9 Å². The summed E-state index contributed by atoms with van der Waals surface area (Å²) in [5.41, 5.74) is 1.25. The van der Waals surface area contributed by atoms with Crippen LogP contribution in [0.3, 0.4) is 0 Å². The summed E-state index contributed by atoms with van der Waals surface area (Å²) in [5.74, 6) is -0.00968. The normalized spacial score (nSPS) is 10.6. The van der Waals surface area contributed by atoms with E-state index in [4.69, 9.17) is 4.74 Å². The number of rotatable bonds is 3. The van der Waals surface area contributed by atoms with Crippen molar-refractivity contribution in [3.63, 3.8) is 0 Å². The lowest BCUT2D eigenvalue weighted by Gasteiger charge is -2.05. The number of benzene rings is 1. The fourth-order valence-electron chi connectivity index (χ4n) is 1.56. The van der Waals surface area contributed by atoms with Crippen LogP contribution in [-0.4, -0.2) is 22.2 Å². The molecule has 0 amide bonds. The van der Waals surface area contributed by atoms with E-state index < -0.39 is 5.56 Å². The van der Waals surface area contributed by atoms with Gasteiger partial charge in [0, 0.05) is 12.7 Å². The van der Waals surface area contributed by atoms with Crippen LogP contribution in [0.1, 0.15) is 5.56 Å². The van der Waals surface area contributed by atoms with Gasteiger partial charge in [0.05, 0.1) is 6.61 Å². The number of aromatic hydroxyl groups is 1. The average Bonchev–Trinajstić information content (AvgIpc) is 2.36. The van der Waals surface area contributed by atoms with Gasteiger partial charge in [-0.1, -0.05) is 18.2 Å². The highest BCUT2D eigenvalue weighted by atomic mass is 79.9. The van der Waals surface area contributed by atoms with Gasteiger partial charge in [0.1, 0.15) is 10.3 Å². The summed E-state index contributed by atoms with van der Waals surface area (Å²) in [4.78, 5) is 18.0. The second-order valence-electron chi connectivity index (χ2n) is 3.69. The molecular weight excluding hydrogens is 300 g/mol. The smallest absolute Gasteiger partial charge is 0.269 e. The molecule has 0 unspecified atom stereocenters. The van der Waals surface area contributed by atoms with Crippen molar-refractivity contribution in [3.8, 4) is 17.3 Å². The number of H-pyrrole nitrogens is 1. The van der Waals surface area contributed by atoms with Gasteiger partial charge in [0.15, 0.2) is 0 Å². The molecule has 18 heavy (non-hydrogen) atoms. The van der Waals surface area contributed by atoms with Gasteiger partial charge >= 0.3 is 0 Å².